The van der Waals surface area contributed by atoms with E-state index in [1.165, 1.54) is 31.8 Å². The van der Waals surface area contributed by atoms with Crippen LogP contribution in [0.15, 0.2) is 35.6 Å². The highest BCUT2D eigenvalue weighted by Crippen LogP contribution is 2.40. The Bertz CT molecular complexity index is 1720. The number of nitriles is 1. The Morgan fingerprint density at radius 1 is 1.21 bits per heavy atom. The molecule has 4 aromatic rings. The first-order valence-electron chi connectivity index (χ1n) is 12.4. The summed E-state index contributed by atoms with van der Waals surface area (Å²) in [6.45, 7) is 3.53. The number of rotatable bonds is 11. The lowest BCUT2D eigenvalue weighted by Gasteiger charge is -2.22. The van der Waals surface area contributed by atoms with Gasteiger partial charge in [0.05, 0.1) is 36.6 Å². The smallest absolute Gasteiger partial charge is 0.295 e. The van der Waals surface area contributed by atoms with Gasteiger partial charge >= 0.3 is 0 Å². The number of hydrogen-bond acceptors (Lipinski definition) is 12. The molecule has 3 heterocycles. The lowest BCUT2D eigenvalue weighted by molar-refractivity contribution is 0.0149. The first-order valence-corrected chi connectivity index (χ1v) is 16.4. The minimum absolute atomic E-state index is 0.0546. The number of amidine groups is 1. The summed E-state index contributed by atoms with van der Waals surface area (Å²) in [7, 11) is 4.49. The molecule has 6 N–H and O–H groups in total. The van der Waals surface area contributed by atoms with Gasteiger partial charge < -0.3 is 25.8 Å². The molecule has 1 atom stereocenters. The maximum atomic E-state index is 14.0. The standard InChI is InChI=1S/C25H28F2IN12O2P/c1-25(2,42-5)20-15(10-29)34-17(11-32-20)35-16-9-14(18-23(36-16)40(43-28)24(37-18)21(26)27)33-13-8-6-7-12(19(13)41-4)22(30)38-39(3)31/h6-9,11,21,43H,31H2,1-5H3,(H2,30,38)(H2,33,34,35,36). The molecule has 14 nitrogen and oxygen atoms in total. The molecule has 0 amide bonds. The average molecular weight is 724 g/mol. The molecule has 0 fully saturated rings. The highest BCUT2D eigenvalue weighted by atomic mass is 127. The number of alkyl halides is 2. The van der Waals surface area contributed by atoms with Crippen molar-refractivity contribution < 1.29 is 18.3 Å². The molecule has 3 aromatic heterocycles. The van der Waals surface area contributed by atoms with Gasteiger partial charge in [0.2, 0.25) is 0 Å². The van der Waals surface area contributed by atoms with Crippen LogP contribution in [0.5, 0.6) is 5.75 Å². The maximum absolute atomic E-state index is 14.0. The van der Waals surface area contributed by atoms with Crippen LogP contribution in [0.2, 0.25) is 0 Å². The molecular formula is C25H28F2IN12O2P. The van der Waals surface area contributed by atoms with Gasteiger partial charge in [0.15, 0.2) is 34.6 Å². The van der Waals surface area contributed by atoms with Crippen molar-refractivity contribution in [2.24, 2.45) is 16.7 Å². The number of nitrogens with one attached hydrogen (secondary N) is 2. The van der Waals surface area contributed by atoms with Crippen molar-refractivity contribution in [2.45, 2.75) is 25.9 Å². The number of benzene rings is 1. The highest BCUT2D eigenvalue weighted by molar-refractivity contribution is 14.2. The van der Waals surface area contributed by atoms with E-state index in [-0.39, 0.29) is 40.7 Å². The fourth-order valence-corrected chi connectivity index (χ4v) is 5.97. The molecular weight excluding hydrogens is 696 g/mol. The first-order chi connectivity index (χ1) is 20.4. The summed E-state index contributed by atoms with van der Waals surface area (Å²) in [4.78, 5) is 17.5. The van der Waals surface area contributed by atoms with Gasteiger partial charge in [-0.3, -0.25) is 9.32 Å². The van der Waals surface area contributed by atoms with Gasteiger partial charge in [-0.25, -0.2) is 34.7 Å². The number of nitrogens with two attached hydrogens (primary N) is 2. The number of ether oxygens (including phenoxy) is 2. The van der Waals surface area contributed by atoms with E-state index >= 15 is 0 Å². The minimum atomic E-state index is -2.84. The van der Waals surface area contributed by atoms with Crippen LogP contribution >= 0.6 is 28.4 Å². The predicted octanol–water partition coefficient (Wildman–Crippen LogP) is 4.63. The molecule has 4 rings (SSSR count). The molecule has 0 spiro atoms. The molecule has 1 unspecified atom stereocenters. The van der Waals surface area contributed by atoms with E-state index in [0.717, 1.165) is 5.12 Å². The van der Waals surface area contributed by atoms with Crippen molar-refractivity contribution in [3.63, 3.8) is 0 Å². The second-order valence-corrected chi connectivity index (χ2v) is 11.5. The number of hydrazone groups is 1. The number of halogens is 3. The number of para-hydroxylation sites is 1. The van der Waals surface area contributed by atoms with Gasteiger partial charge in [-0.15, -0.1) is 5.10 Å². The molecule has 43 heavy (non-hydrogen) atoms. The van der Waals surface area contributed by atoms with E-state index in [1.54, 1.807) is 38.1 Å². The lowest BCUT2D eigenvalue weighted by atomic mass is 10.0. The quantitative estimate of drug-likeness (QED) is 0.0420. The van der Waals surface area contributed by atoms with Crippen LogP contribution in [0.1, 0.15) is 43.0 Å². The fourth-order valence-electron chi connectivity index (χ4n) is 4.07. The summed E-state index contributed by atoms with van der Waals surface area (Å²) >= 11 is 1.99. The number of anilines is 4. The monoisotopic (exact) mass is 724 g/mol. The second kappa shape index (κ2) is 13.1. The molecule has 0 aliphatic heterocycles. The molecule has 0 saturated carbocycles. The van der Waals surface area contributed by atoms with Gasteiger partial charge in [0, 0.05) is 20.2 Å². The summed E-state index contributed by atoms with van der Waals surface area (Å²) in [5.74, 6) is 6.04. The Hall–Kier alpha value is -3.98. The van der Waals surface area contributed by atoms with E-state index < -0.39 is 17.9 Å². The van der Waals surface area contributed by atoms with Crippen LogP contribution in [-0.2, 0) is 10.3 Å². The number of imidazole rings is 1. The van der Waals surface area contributed by atoms with Gasteiger partial charge in [-0.2, -0.15) is 5.26 Å². The zero-order chi connectivity index (χ0) is 31.5. The molecule has 0 saturated heterocycles. The van der Waals surface area contributed by atoms with Crippen LogP contribution in [0.3, 0.4) is 0 Å². The third kappa shape index (κ3) is 6.67. The van der Waals surface area contributed by atoms with Gasteiger partial charge in [0.1, 0.15) is 28.7 Å². The number of fused-ring (bicyclic) bond motifs is 1. The summed E-state index contributed by atoms with van der Waals surface area (Å²) in [6.07, 6.45) is -1.54. The summed E-state index contributed by atoms with van der Waals surface area (Å²) < 4.78 is 40.4. The summed E-state index contributed by atoms with van der Waals surface area (Å²) in [6, 6.07) is 8.74. The van der Waals surface area contributed by atoms with E-state index in [1.807, 2.05) is 28.1 Å². The van der Waals surface area contributed by atoms with Crippen LogP contribution in [0.4, 0.5) is 31.8 Å². The van der Waals surface area contributed by atoms with Gasteiger partial charge in [-0.1, -0.05) is 6.07 Å². The SMILES string of the molecule is COc1c(Nc2cc(Nc3cnc(C(C)(C)OC)c(C#N)n3)nc3c2nc(C(F)F)n3PI)cccc1/C(N)=N/N(C)N. The zero-order valence-corrected chi connectivity index (χ0v) is 26.8. The summed E-state index contributed by atoms with van der Waals surface area (Å²) in [5, 5.41) is 21.1. The third-order valence-corrected chi connectivity index (χ3v) is 8.22. The van der Waals surface area contributed by atoms with Crippen molar-refractivity contribution in [3.8, 4) is 11.8 Å². The predicted molar refractivity (Wildman–Crippen MR) is 169 cm³/mol. The second-order valence-electron chi connectivity index (χ2n) is 9.39. The molecule has 1 aromatic carbocycles. The number of nitrogens with zero attached hydrogens (tertiary/aromatic N) is 8. The molecule has 0 radical (unpaired) electrons. The minimum Gasteiger partial charge on any atom is -0.494 e. The Morgan fingerprint density at radius 2 is 1.95 bits per heavy atom. The normalized spacial score (nSPS) is 12.3. The maximum Gasteiger partial charge on any atom is 0.295 e. The Labute approximate surface area is 260 Å². The topological polar surface area (TPSA) is 190 Å². The Kier molecular flexibility index (Phi) is 9.75. The molecule has 0 bridgehead atoms. The van der Waals surface area contributed by atoms with Crippen molar-refractivity contribution in [1.29, 1.82) is 5.26 Å². The Balaban J connectivity index is 1.86. The van der Waals surface area contributed by atoms with E-state index in [0.29, 0.717) is 28.4 Å². The number of aromatic nitrogens is 5. The molecule has 0 aliphatic rings. The van der Waals surface area contributed by atoms with E-state index in [4.69, 9.17) is 21.1 Å². The van der Waals surface area contributed by atoms with Crippen molar-refractivity contribution in [2.75, 3.05) is 31.9 Å². The third-order valence-electron chi connectivity index (χ3n) is 6.17. The average Bonchev–Trinajstić information content (AvgIpc) is 3.35. The van der Waals surface area contributed by atoms with Gasteiger partial charge in [-0.05, 0) is 48.0 Å². The van der Waals surface area contributed by atoms with E-state index in [9.17, 15) is 14.0 Å². The van der Waals surface area contributed by atoms with Gasteiger partial charge in [0.25, 0.3) is 6.43 Å². The number of pyridine rings is 1. The van der Waals surface area contributed by atoms with Crippen molar-refractivity contribution >= 4 is 68.4 Å². The number of hydrazine groups is 1. The first kappa shape index (κ1) is 31.9. The summed E-state index contributed by atoms with van der Waals surface area (Å²) in [5.41, 5.74) is 7.30. The largest absolute Gasteiger partial charge is 0.494 e. The highest BCUT2D eigenvalue weighted by Gasteiger charge is 2.27. The molecule has 0 aliphatic carbocycles. The number of hydrogen-bond donors (Lipinski definition) is 4. The fraction of sp³-hybridized carbons (Fsp3) is 0.280. The van der Waals surface area contributed by atoms with E-state index in [2.05, 4.69) is 35.7 Å². The van der Waals surface area contributed by atoms with Crippen molar-refractivity contribution in [3.05, 3.63) is 53.2 Å². The zero-order valence-electron chi connectivity index (χ0n) is 23.6. The number of methoxy groups -OCH3 is 2. The molecule has 226 valence electrons. The lowest BCUT2D eigenvalue weighted by Crippen LogP contribution is -2.26. The van der Waals surface area contributed by atoms with Crippen LogP contribution in [0, 0.1) is 11.3 Å². The molecule has 18 heteroatoms. The Morgan fingerprint density at radius 3 is 2.56 bits per heavy atom. The van der Waals surface area contributed by atoms with Crippen LogP contribution in [-0.4, -0.2) is 56.5 Å². The van der Waals surface area contributed by atoms with Crippen LogP contribution < -0.4 is 26.9 Å². The van der Waals surface area contributed by atoms with Crippen molar-refractivity contribution in [1.82, 2.24) is 29.4 Å². The van der Waals surface area contributed by atoms with Crippen LogP contribution in [0.25, 0.3) is 11.2 Å².